The van der Waals surface area contributed by atoms with Crippen LogP contribution in [-0.2, 0) is 19.4 Å². The Morgan fingerprint density at radius 3 is 2.85 bits per heavy atom. The summed E-state index contributed by atoms with van der Waals surface area (Å²) in [5.74, 6) is 2.68. The van der Waals surface area contributed by atoms with Gasteiger partial charge in [-0.2, -0.15) is 0 Å². The molecule has 3 nitrogen and oxygen atoms in total. The first-order valence-corrected chi connectivity index (χ1v) is 8.41. The lowest BCUT2D eigenvalue weighted by molar-refractivity contribution is 0.513. The minimum absolute atomic E-state index is 0.621. The Morgan fingerprint density at radius 1 is 1.20 bits per heavy atom. The minimum Gasteiger partial charge on any atom is -0.312 e. The molecule has 2 unspecified atom stereocenters. The van der Waals surface area contributed by atoms with E-state index in [0.29, 0.717) is 5.92 Å². The van der Waals surface area contributed by atoms with Crippen LogP contribution in [0.3, 0.4) is 0 Å². The van der Waals surface area contributed by atoms with E-state index in [1.165, 1.54) is 49.1 Å². The standard InChI is InChI=1S/C17H27N3/c1-3-5-15-14-11-18-9-8-16(14)20-17(19-15)13-7-6-12(4-2)10-13/h12-13,18H,3-11H2,1-2H3. The number of nitrogens with one attached hydrogen (secondary N) is 1. The summed E-state index contributed by atoms with van der Waals surface area (Å²) in [5, 5.41) is 3.46. The van der Waals surface area contributed by atoms with Gasteiger partial charge in [0.05, 0.1) is 5.69 Å². The lowest BCUT2D eigenvalue weighted by Gasteiger charge is -2.21. The zero-order valence-electron chi connectivity index (χ0n) is 12.9. The molecule has 1 aliphatic carbocycles. The topological polar surface area (TPSA) is 37.8 Å². The third kappa shape index (κ3) is 2.73. The minimum atomic E-state index is 0.621. The van der Waals surface area contributed by atoms with E-state index in [1.807, 2.05) is 0 Å². The normalized spacial score (nSPS) is 25.7. The second kappa shape index (κ2) is 6.21. The van der Waals surface area contributed by atoms with Gasteiger partial charge in [-0.25, -0.2) is 9.97 Å². The van der Waals surface area contributed by atoms with Crippen LogP contribution in [0.1, 0.15) is 74.6 Å². The predicted molar refractivity (Wildman–Crippen MR) is 81.8 cm³/mol. The monoisotopic (exact) mass is 273 g/mol. The fourth-order valence-electron chi connectivity index (χ4n) is 3.74. The van der Waals surface area contributed by atoms with Crippen LogP contribution in [0.15, 0.2) is 0 Å². The Hall–Kier alpha value is -0.960. The van der Waals surface area contributed by atoms with Crippen molar-refractivity contribution in [3.8, 4) is 0 Å². The van der Waals surface area contributed by atoms with Crippen molar-refractivity contribution in [2.45, 2.75) is 71.3 Å². The predicted octanol–water partition coefficient (Wildman–Crippen LogP) is 3.37. The molecule has 3 heteroatoms. The molecule has 2 heterocycles. The van der Waals surface area contributed by atoms with Crippen LogP contribution < -0.4 is 5.32 Å². The average Bonchev–Trinajstić information content (AvgIpc) is 2.96. The first-order valence-electron chi connectivity index (χ1n) is 8.41. The number of hydrogen-bond donors (Lipinski definition) is 1. The first-order chi connectivity index (χ1) is 9.81. The molecule has 20 heavy (non-hydrogen) atoms. The molecule has 1 aliphatic heterocycles. The van der Waals surface area contributed by atoms with E-state index in [2.05, 4.69) is 19.2 Å². The van der Waals surface area contributed by atoms with Crippen molar-refractivity contribution < 1.29 is 0 Å². The van der Waals surface area contributed by atoms with E-state index in [9.17, 15) is 0 Å². The fourth-order valence-corrected chi connectivity index (χ4v) is 3.74. The maximum Gasteiger partial charge on any atom is 0.131 e. The fraction of sp³-hybridized carbons (Fsp3) is 0.765. The van der Waals surface area contributed by atoms with Crippen molar-refractivity contribution in [2.24, 2.45) is 5.92 Å². The van der Waals surface area contributed by atoms with E-state index >= 15 is 0 Å². The molecule has 0 aromatic carbocycles. The summed E-state index contributed by atoms with van der Waals surface area (Å²) < 4.78 is 0. The number of hydrogen-bond acceptors (Lipinski definition) is 3. The summed E-state index contributed by atoms with van der Waals surface area (Å²) in [5.41, 5.74) is 4.05. The van der Waals surface area contributed by atoms with Crippen molar-refractivity contribution in [3.05, 3.63) is 22.8 Å². The zero-order valence-corrected chi connectivity index (χ0v) is 12.9. The lowest BCUT2D eigenvalue weighted by atomic mass is 9.99. The molecule has 3 rings (SSSR count). The van der Waals surface area contributed by atoms with Crippen molar-refractivity contribution in [1.82, 2.24) is 15.3 Å². The molecule has 1 N–H and O–H groups in total. The highest BCUT2D eigenvalue weighted by molar-refractivity contribution is 5.29. The molecule has 110 valence electrons. The van der Waals surface area contributed by atoms with Crippen LogP contribution >= 0.6 is 0 Å². The first kappa shape index (κ1) is 14.0. The van der Waals surface area contributed by atoms with Crippen molar-refractivity contribution in [2.75, 3.05) is 6.54 Å². The largest absolute Gasteiger partial charge is 0.312 e. The van der Waals surface area contributed by atoms with Gasteiger partial charge in [-0.1, -0.05) is 26.7 Å². The number of nitrogens with zero attached hydrogens (tertiary/aromatic N) is 2. The third-order valence-corrected chi connectivity index (χ3v) is 5.01. The van der Waals surface area contributed by atoms with Gasteiger partial charge in [0, 0.05) is 36.7 Å². The quantitative estimate of drug-likeness (QED) is 0.914. The molecule has 1 aromatic rings. The zero-order chi connectivity index (χ0) is 13.9. The van der Waals surface area contributed by atoms with Gasteiger partial charge in [0.15, 0.2) is 0 Å². The number of rotatable bonds is 4. The van der Waals surface area contributed by atoms with Gasteiger partial charge in [0.25, 0.3) is 0 Å². The SMILES string of the molecule is CCCc1nc(C2CCC(CC)C2)nc2c1CNCC2. The molecule has 2 aliphatic rings. The molecule has 0 saturated heterocycles. The Bertz CT molecular complexity index is 470. The van der Waals surface area contributed by atoms with Crippen molar-refractivity contribution in [1.29, 1.82) is 0 Å². The summed E-state index contributed by atoms with van der Waals surface area (Å²) in [4.78, 5) is 9.93. The lowest BCUT2D eigenvalue weighted by Crippen LogP contribution is -2.27. The van der Waals surface area contributed by atoms with Crippen LogP contribution in [-0.4, -0.2) is 16.5 Å². The van der Waals surface area contributed by atoms with Crippen LogP contribution in [0.2, 0.25) is 0 Å². The Balaban J connectivity index is 1.89. The number of aryl methyl sites for hydroxylation is 1. The number of aromatic nitrogens is 2. The summed E-state index contributed by atoms with van der Waals surface area (Å²) in [6.07, 6.45) is 8.62. The number of fused-ring (bicyclic) bond motifs is 1. The maximum atomic E-state index is 4.98. The summed E-state index contributed by atoms with van der Waals surface area (Å²) in [6, 6.07) is 0. The van der Waals surface area contributed by atoms with Gasteiger partial charge < -0.3 is 5.32 Å². The molecule has 1 saturated carbocycles. The van der Waals surface area contributed by atoms with Crippen LogP contribution in [0.5, 0.6) is 0 Å². The molecule has 1 fully saturated rings. The highest BCUT2D eigenvalue weighted by Crippen LogP contribution is 2.38. The summed E-state index contributed by atoms with van der Waals surface area (Å²) in [7, 11) is 0. The third-order valence-electron chi connectivity index (χ3n) is 5.01. The molecule has 0 amide bonds. The van der Waals surface area contributed by atoms with Gasteiger partial charge in [-0.3, -0.25) is 0 Å². The highest BCUT2D eigenvalue weighted by atomic mass is 15.0. The molecule has 2 atom stereocenters. The van der Waals surface area contributed by atoms with E-state index in [1.54, 1.807) is 0 Å². The van der Waals surface area contributed by atoms with Gasteiger partial charge in [0.2, 0.25) is 0 Å². The van der Waals surface area contributed by atoms with Crippen molar-refractivity contribution in [3.63, 3.8) is 0 Å². The molecular formula is C17H27N3. The van der Waals surface area contributed by atoms with Gasteiger partial charge >= 0.3 is 0 Å². The van der Waals surface area contributed by atoms with Crippen LogP contribution in [0.25, 0.3) is 0 Å². The van der Waals surface area contributed by atoms with Gasteiger partial charge in [-0.15, -0.1) is 0 Å². The Kier molecular flexibility index (Phi) is 4.35. The summed E-state index contributed by atoms with van der Waals surface area (Å²) >= 11 is 0. The van der Waals surface area contributed by atoms with Crippen LogP contribution in [0, 0.1) is 5.92 Å². The molecule has 1 aromatic heterocycles. The maximum absolute atomic E-state index is 4.98. The Labute approximate surface area is 122 Å². The molecular weight excluding hydrogens is 246 g/mol. The smallest absolute Gasteiger partial charge is 0.131 e. The highest BCUT2D eigenvalue weighted by Gasteiger charge is 2.28. The average molecular weight is 273 g/mol. The van der Waals surface area contributed by atoms with E-state index in [4.69, 9.17) is 9.97 Å². The molecule has 0 bridgehead atoms. The Morgan fingerprint density at radius 2 is 2.10 bits per heavy atom. The van der Waals surface area contributed by atoms with E-state index in [-0.39, 0.29) is 0 Å². The van der Waals surface area contributed by atoms with Crippen LogP contribution in [0.4, 0.5) is 0 Å². The second-order valence-corrected chi connectivity index (χ2v) is 6.41. The van der Waals surface area contributed by atoms with Gasteiger partial charge in [0.1, 0.15) is 5.82 Å². The van der Waals surface area contributed by atoms with E-state index in [0.717, 1.165) is 37.7 Å². The summed E-state index contributed by atoms with van der Waals surface area (Å²) in [6.45, 7) is 6.59. The molecule has 0 spiro atoms. The second-order valence-electron chi connectivity index (χ2n) is 6.41. The molecule has 0 radical (unpaired) electrons. The van der Waals surface area contributed by atoms with Gasteiger partial charge in [-0.05, 0) is 31.6 Å². The van der Waals surface area contributed by atoms with E-state index < -0.39 is 0 Å². The van der Waals surface area contributed by atoms with Crippen molar-refractivity contribution >= 4 is 0 Å².